The van der Waals surface area contributed by atoms with Crippen LogP contribution in [0, 0.1) is 5.82 Å². The predicted molar refractivity (Wildman–Crippen MR) is 85.3 cm³/mol. The molecule has 0 aliphatic heterocycles. The molecule has 0 aliphatic rings. The van der Waals surface area contributed by atoms with Crippen LogP contribution in [0.1, 0.15) is 48.9 Å². The summed E-state index contributed by atoms with van der Waals surface area (Å²) in [6, 6.07) is 6.67. The summed E-state index contributed by atoms with van der Waals surface area (Å²) >= 11 is 1.47. The molecule has 0 fully saturated rings. The van der Waals surface area contributed by atoms with Gasteiger partial charge in [-0.15, -0.1) is 0 Å². The largest absolute Gasteiger partial charge is 0.391 e. The van der Waals surface area contributed by atoms with Crippen molar-refractivity contribution in [3.63, 3.8) is 0 Å². The van der Waals surface area contributed by atoms with E-state index in [2.05, 4.69) is 18.8 Å². The molecule has 0 spiro atoms. The number of thiazole rings is 1. The Morgan fingerprint density at radius 2 is 1.95 bits per heavy atom. The van der Waals surface area contributed by atoms with Crippen LogP contribution in [0.25, 0.3) is 0 Å². The highest BCUT2D eigenvalue weighted by molar-refractivity contribution is 7.15. The topological polar surface area (TPSA) is 36.4 Å². The molecule has 0 radical (unpaired) electrons. The van der Waals surface area contributed by atoms with Gasteiger partial charge >= 0.3 is 0 Å². The number of anilines is 1. The lowest BCUT2D eigenvalue weighted by Gasteiger charge is -2.25. The van der Waals surface area contributed by atoms with E-state index in [-0.39, 0.29) is 24.4 Å². The Labute approximate surface area is 129 Å². The maximum atomic E-state index is 13.9. The molecule has 0 saturated heterocycles. The molecule has 1 aromatic heterocycles. The highest BCUT2D eigenvalue weighted by atomic mass is 32.1. The number of halogens is 1. The second kappa shape index (κ2) is 6.54. The van der Waals surface area contributed by atoms with Crippen molar-refractivity contribution in [2.75, 3.05) is 11.9 Å². The van der Waals surface area contributed by atoms with Gasteiger partial charge < -0.3 is 10.0 Å². The molecule has 5 heteroatoms. The molecule has 1 unspecified atom stereocenters. The summed E-state index contributed by atoms with van der Waals surface area (Å²) in [6.45, 7) is 6.05. The maximum absolute atomic E-state index is 13.9. The number of aliphatic hydroxyl groups is 1. The molecular formula is C16H21FN2OS. The second-order valence-electron chi connectivity index (χ2n) is 5.43. The van der Waals surface area contributed by atoms with Gasteiger partial charge in [0.1, 0.15) is 5.82 Å². The lowest BCUT2D eigenvalue weighted by molar-refractivity contribution is 0.283. The minimum absolute atomic E-state index is 0.00685. The van der Waals surface area contributed by atoms with Crippen LogP contribution in [-0.4, -0.2) is 17.1 Å². The van der Waals surface area contributed by atoms with Gasteiger partial charge in [-0.2, -0.15) is 0 Å². The van der Waals surface area contributed by atoms with E-state index in [1.807, 2.05) is 24.9 Å². The number of nitrogens with zero attached hydrogens (tertiary/aromatic N) is 2. The molecule has 0 saturated carbocycles. The van der Waals surface area contributed by atoms with Gasteiger partial charge in [-0.25, -0.2) is 9.37 Å². The highest BCUT2D eigenvalue weighted by Crippen LogP contribution is 2.34. The van der Waals surface area contributed by atoms with E-state index in [1.54, 1.807) is 12.1 Å². The van der Waals surface area contributed by atoms with Gasteiger partial charge in [0.15, 0.2) is 5.13 Å². The molecule has 0 amide bonds. The van der Waals surface area contributed by atoms with Crippen LogP contribution < -0.4 is 4.90 Å². The Balaban J connectivity index is 2.31. The number of aromatic nitrogens is 1. The number of rotatable bonds is 5. The van der Waals surface area contributed by atoms with Crippen molar-refractivity contribution in [1.82, 2.24) is 4.98 Å². The summed E-state index contributed by atoms with van der Waals surface area (Å²) in [7, 11) is 1.90. The fourth-order valence-corrected chi connectivity index (χ4v) is 3.37. The van der Waals surface area contributed by atoms with Crippen molar-refractivity contribution >= 4 is 16.5 Å². The summed E-state index contributed by atoms with van der Waals surface area (Å²) in [5, 5.41) is 10.3. The minimum Gasteiger partial charge on any atom is -0.391 e. The average Bonchev–Trinajstić information content (AvgIpc) is 2.90. The number of hydrogen-bond acceptors (Lipinski definition) is 4. The van der Waals surface area contributed by atoms with Gasteiger partial charge in [-0.05, 0) is 18.9 Å². The molecule has 1 heterocycles. The summed E-state index contributed by atoms with van der Waals surface area (Å²) < 4.78 is 13.9. The lowest BCUT2D eigenvalue weighted by atomic mass is 10.1. The third-order valence-corrected chi connectivity index (χ3v) is 4.79. The summed E-state index contributed by atoms with van der Waals surface area (Å²) in [6.07, 6.45) is 0. The van der Waals surface area contributed by atoms with Crippen LogP contribution in [0.3, 0.4) is 0 Å². The zero-order chi connectivity index (χ0) is 15.6. The average molecular weight is 308 g/mol. The van der Waals surface area contributed by atoms with Gasteiger partial charge in [-0.3, -0.25) is 0 Å². The first kappa shape index (κ1) is 15.9. The molecule has 114 valence electrons. The molecule has 0 aliphatic carbocycles. The van der Waals surface area contributed by atoms with Crippen LogP contribution in [0.2, 0.25) is 0 Å². The smallest absolute Gasteiger partial charge is 0.186 e. The third-order valence-electron chi connectivity index (χ3n) is 3.64. The Morgan fingerprint density at radius 1 is 1.29 bits per heavy atom. The van der Waals surface area contributed by atoms with E-state index in [4.69, 9.17) is 0 Å². The fourth-order valence-electron chi connectivity index (χ4n) is 2.25. The first-order valence-corrected chi connectivity index (χ1v) is 7.85. The van der Waals surface area contributed by atoms with Crippen molar-refractivity contribution in [3.8, 4) is 0 Å². The molecule has 2 rings (SSSR count). The minimum atomic E-state index is -0.208. The third kappa shape index (κ3) is 3.24. The van der Waals surface area contributed by atoms with E-state index < -0.39 is 0 Å². The van der Waals surface area contributed by atoms with E-state index in [1.165, 1.54) is 17.4 Å². The van der Waals surface area contributed by atoms with Gasteiger partial charge in [0.25, 0.3) is 0 Å². The monoisotopic (exact) mass is 308 g/mol. The molecule has 1 atom stereocenters. The van der Waals surface area contributed by atoms with E-state index in [9.17, 15) is 9.50 Å². The van der Waals surface area contributed by atoms with Crippen LogP contribution in [0.4, 0.5) is 9.52 Å². The molecule has 1 aromatic carbocycles. The number of aliphatic hydroxyl groups excluding tert-OH is 1. The maximum Gasteiger partial charge on any atom is 0.186 e. The molecule has 0 bridgehead atoms. The first-order chi connectivity index (χ1) is 9.95. The summed E-state index contributed by atoms with van der Waals surface area (Å²) in [4.78, 5) is 7.45. The van der Waals surface area contributed by atoms with Gasteiger partial charge in [0.2, 0.25) is 0 Å². The van der Waals surface area contributed by atoms with E-state index in [0.29, 0.717) is 5.56 Å². The van der Waals surface area contributed by atoms with Gasteiger partial charge in [0.05, 0.1) is 23.2 Å². The SMILES string of the molecule is CC(C)c1nc(N(C)C(C)c2ccccc2F)sc1CO. The van der Waals surface area contributed by atoms with Crippen molar-refractivity contribution < 1.29 is 9.50 Å². The predicted octanol–water partition coefficient (Wildman–Crippen LogP) is 4.10. The van der Waals surface area contributed by atoms with Crippen LogP contribution >= 0.6 is 11.3 Å². The van der Waals surface area contributed by atoms with Gasteiger partial charge in [-0.1, -0.05) is 43.4 Å². The first-order valence-electron chi connectivity index (χ1n) is 7.03. The quantitative estimate of drug-likeness (QED) is 0.903. The van der Waals surface area contributed by atoms with Crippen LogP contribution in [0.15, 0.2) is 24.3 Å². The molecule has 2 aromatic rings. The molecule has 1 N–H and O–H groups in total. The van der Waals surface area contributed by atoms with Crippen LogP contribution in [0.5, 0.6) is 0 Å². The van der Waals surface area contributed by atoms with E-state index >= 15 is 0 Å². The Bertz CT molecular complexity index is 612. The van der Waals surface area contributed by atoms with Crippen LogP contribution in [-0.2, 0) is 6.61 Å². The highest BCUT2D eigenvalue weighted by Gasteiger charge is 2.21. The number of hydrogen-bond donors (Lipinski definition) is 1. The second-order valence-corrected chi connectivity index (χ2v) is 6.49. The zero-order valence-corrected chi connectivity index (χ0v) is 13.6. The molecule has 3 nitrogen and oxygen atoms in total. The van der Waals surface area contributed by atoms with E-state index in [0.717, 1.165) is 15.7 Å². The van der Waals surface area contributed by atoms with Crippen molar-refractivity contribution in [2.24, 2.45) is 0 Å². The molecule has 21 heavy (non-hydrogen) atoms. The summed E-state index contributed by atoms with van der Waals surface area (Å²) in [5.74, 6) is 0.0502. The Morgan fingerprint density at radius 3 is 2.48 bits per heavy atom. The standard InChI is InChI=1S/C16H21FN2OS/c1-10(2)15-14(9-20)21-16(18-15)19(4)11(3)12-7-5-6-8-13(12)17/h5-8,10-11,20H,9H2,1-4H3. The lowest BCUT2D eigenvalue weighted by Crippen LogP contribution is -2.22. The normalized spacial score (nSPS) is 12.7. The molecular weight excluding hydrogens is 287 g/mol. The van der Waals surface area contributed by atoms with Gasteiger partial charge in [0, 0.05) is 12.6 Å². The number of benzene rings is 1. The Kier molecular flexibility index (Phi) is 4.96. The Hall–Kier alpha value is -1.46. The van der Waals surface area contributed by atoms with Crippen molar-refractivity contribution in [2.45, 2.75) is 39.3 Å². The fraction of sp³-hybridized carbons (Fsp3) is 0.438. The summed E-state index contributed by atoms with van der Waals surface area (Å²) in [5.41, 5.74) is 1.57. The zero-order valence-electron chi connectivity index (χ0n) is 12.8. The van der Waals surface area contributed by atoms with Crippen molar-refractivity contribution in [1.29, 1.82) is 0 Å². The van der Waals surface area contributed by atoms with Crippen molar-refractivity contribution in [3.05, 3.63) is 46.2 Å².